The van der Waals surface area contributed by atoms with Gasteiger partial charge in [0, 0.05) is 7.05 Å². The van der Waals surface area contributed by atoms with E-state index in [-0.39, 0.29) is 6.04 Å². The van der Waals surface area contributed by atoms with Crippen LogP contribution in [-0.4, -0.2) is 22.9 Å². The number of nitrogens with one attached hydrogen (secondary N) is 1. The number of nitrogens with zero attached hydrogens (tertiary/aromatic N) is 2. The van der Waals surface area contributed by atoms with Gasteiger partial charge >= 0.3 is 0 Å². The van der Waals surface area contributed by atoms with Crippen LogP contribution >= 0.6 is 0 Å². The molecule has 1 heterocycles. The van der Waals surface area contributed by atoms with Crippen LogP contribution in [0.2, 0.25) is 0 Å². The molecule has 4 heteroatoms. The molecule has 4 nitrogen and oxygen atoms in total. The average molecular weight is 287 g/mol. The van der Waals surface area contributed by atoms with Gasteiger partial charge in [0.1, 0.15) is 5.75 Å². The van der Waals surface area contributed by atoms with Gasteiger partial charge in [-0.25, -0.2) is 0 Å². The molecule has 1 aromatic heterocycles. The molecule has 0 aliphatic heterocycles. The van der Waals surface area contributed by atoms with Crippen LogP contribution in [0.15, 0.2) is 30.3 Å². The van der Waals surface area contributed by atoms with Crippen molar-refractivity contribution in [3.63, 3.8) is 0 Å². The van der Waals surface area contributed by atoms with E-state index in [0.717, 1.165) is 31.0 Å². The van der Waals surface area contributed by atoms with Crippen molar-refractivity contribution in [3.8, 4) is 5.75 Å². The Hall–Kier alpha value is -1.81. The highest BCUT2D eigenvalue weighted by molar-refractivity contribution is 5.34. The van der Waals surface area contributed by atoms with Gasteiger partial charge in [-0.1, -0.05) is 26.0 Å². The molecule has 0 aliphatic rings. The van der Waals surface area contributed by atoms with Crippen molar-refractivity contribution in [1.29, 1.82) is 0 Å². The molecule has 0 bridgehead atoms. The lowest BCUT2D eigenvalue weighted by Gasteiger charge is -2.19. The van der Waals surface area contributed by atoms with Crippen LogP contribution < -0.4 is 10.1 Å². The Morgan fingerprint density at radius 1 is 1.24 bits per heavy atom. The molecule has 0 spiro atoms. The fourth-order valence-corrected chi connectivity index (χ4v) is 2.47. The van der Waals surface area contributed by atoms with E-state index in [9.17, 15) is 0 Å². The van der Waals surface area contributed by atoms with E-state index in [2.05, 4.69) is 42.5 Å². The summed E-state index contributed by atoms with van der Waals surface area (Å²) in [6.07, 6.45) is 1.02. The SMILES string of the molecule is CCCOc1ccc(C(NCC)c2cc(C)nn2C)cc1. The zero-order chi connectivity index (χ0) is 15.2. The molecule has 0 fully saturated rings. The molecule has 1 N–H and O–H groups in total. The highest BCUT2D eigenvalue weighted by Crippen LogP contribution is 2.24. The second kappa shape index (κ2) is 7.27. The summed E-state index contributed by atoms with van der Waals surface area (Å²) >= 11 is 0. The minimum absolute atomic E-state index is 0.154. The van der Waals surface area contributed by atoms with Gasteiger partial charge in [0.2, 0.25) is 0 Å². The van der Waals surface area contributed by atoms with Crippen LogP contribution in [0.5, 0.6) is 5.75 Å². The summed E-state index contributed by atoms with van der Waals surface area (Å²) < 4.78 is 7.59. The molecule has 2 aromatic rings. The van der Waals surface area contributed by atoms with Crippen LogP contribution in [0.25, 0.3) is 0 Å². The summed E-state index contributed by atoms with van der Waals surface area (Å²) in [7, 11) is 1.99. The van der Waals surface area contributed by atoms with Gasteiger partial charge in [-0.2, -0.15) is 5.10 Å². The first kappa shape index (κ1) is 15.6. The Kier molecular flexibility index (Phi) is 5.39. The molecule has 114 valence electrons. The maximum absolute atomic E-state index is 5.65. The lowest BCUT2D eigenvalue weighted by atomic mass is 10.0. The monoisotopic (exact) mass is 287 g/mol. The Labute approximate surface area is 127 Å². The van der Waals surface area contributed by atoms with E-state index in [1.54, 1.807) is 0 Å². The molecule has 1 aromatic carbocycles. The van der Waals surface area contributed by atoms with Gasteiger partial charge in [0.05, 0.1) is 24.0 Å². The van der Waals surface area contributed by atoms with Crippen molar-refractivity contribution in [2.45, 2.75) is 33.2 Å². The summed E-state index contributed by atoms with van der Waals surface area (Å²) in [6.45, 7) is 7.92. The Bertz CT molecular complexity index is 560. The van der Waals surface area contributed by atoms with Crippen LogP contribution in [0.4, 0.5) is 0 Å². The van der Waals surface area contributed by atoms with Crippen molar-refractivity contribution >= 4 is 0 Å². The largest absolute Gasteiger partial charge is 0.494 e. The number of benzene rings is 1. The number of hydrogen-bond acceptors (Lipinski definition) is 3. The minimum Gasteiger partial charge on any atom is -0.494 e. The first-order chi connectivity index (χ1) is 10.2. The third-order valence-electron chi connectivity index (χ3n) is 3.43. The summed E-state index contributed by atoms with van der Waals surface area (Å²) in [4.78, 5) is 0. The number of ether oxygens (including phenoxy) is 1. The fourth-order valence-electron chi connectivity index (χ4n) is 2.47. The summed E-state index contributed by atoms with van der Waals surface area (Å²) in [6, 6.07) is 10.6. The van der Waals surface area contributed by atoms with E-state index in [0.29, 0.717) is 0 Å². The van der Waals surface area contributed by atoms with Crippen LogP contribution in [-0.2, 0) is 7.05 Å². The number of rotatable bonds is 7. The highest BCUT2D eigenvalue weighted by atomic mass is 16.5. The third-order valence-corrected chi connectivity index (χ3v) is 3.43. The molecule has 1 unspecified atom stereocenters. The zero-order valence-corrected chi connectivity index (χ0v) is 13.4. The lowest BCUT2D eigenvalue weighted by molar-refractivity contribution is 0.317. The number of hydrogen-bond donors (Lipinski definition) is 1. The van der Waals surface area contributed by atoms with Crippen LogP contribution in [0.3, 0.4) is 0 Å². The van der Waals surface area contributed by atoms with Crippen LogP contribution in [0.1, 0.15) is 43.3 Å². The smallest absolute Gasteiger partial charge is 0.119 e. The quantitative estimate of drug-likeness (QED) is 0.850. The van der Waals surface area contributed by atoms with Gasteiger partial charge in [-0.3, -0.25) is 4.68 Å². The van der Waals surface area contributed by atoms with Gasteiger partial charge in [-0.05, 0) is 43.7 Å². The van der Waals surface area contributed by atoms with Crippen molar-refractivity contribution in [2.24, 2.45) is 7.05 Å². The first-order valence-corrected chi connectivity index (χ1v) is 7.62. The molecule has 2 rings (SSSR count). The van der Waals surface area contributed by atoms with E-state index >= 15 is 0 Å². The van der Waals surface area contributed by atoms with Gasteiger partial charge in [-0.15, -0.1) is 0 Å². The number of aromatic nitrogens is 2. The first-order valence-electron chi connectivity index (χ1n) is 7.62. The van der Waals surface area contributed by atoms with Gasteiger partial charge in [0.15, 0.2) is 0 Å². The molecular formula is C17H25N3O. The molecule has 21 heavy (non-hydrogen) atoms. The Balaban J connectivity index is 2.24. The predicted molar refractivity (Wildman–Crippen MR) is 85.7 cm³/mol. The lowest BCUT2D eigenvalue weighted by Crippen LogP contribution is -2.24. The fraction of sp³-hybridized carbons (Fsp3) is 0.471. The third kappa shape index (κ3) is 3.85. The topological polar surface area (TPSA) is 39.1 Å². The van der Waals surface area contributed by atoms with Gasteiger partial charge < -0.3 is 10.1 Å². The maximum atomic E-state index is 5.65. The molecule has 0 radical (unpaired) electrons. The zero-order valence-electron chi connectivity index (χ0n) is 13.4. The Morgan fingerprint density at radius 3 is 2.48 bits per heavy atom. The standard InChI is InChI=1S/C17H25N3O/c1-5-11-21-15-9-7-14(8-10-15)17(18-6-2)16-12-13(3)19-20(16)4/h7-10,12,17-18H,5-6,11H2,1-4H3. The predicted octanol–water partition coefficient (Wildman–Crippen LogP) is 3.22. The molecule has 1 atom stereocenters. The Morgan fingerprint density at radius 2 is 1.95 bits per heavy atom. The summed E-state index contributed by atoms with van der Waals surface area (Å²) in [5.74, 6) is 0.928. The number of aryl methyl sites for hydroxylation is 2. The molecular weight excluding hydrogens is 262 g/mol. The van der Waals surface area contributed by atoms with Gasteiger partial charge in [0.25, 0.3) is 0 Å². The average Bonchev–Trinajstić information content (AvgIpc) is 2.82. The van der Waals surface area contributed by atoms with Crippen LogP contribution in [0, 0.1) is 6.92 Å². The summed E-state index contributed by atoms with van der Waals surface area (Å²) in [5, 5.41) is 7.98. The highest BCUT2D eigenvalue weighted by Gasteiger charge is 2.17. The molecule has 0 aliphatic carbocycles. The van der Waals surface area contributed by atoms with Crippen molar-refractivity contribution in [1.82, 2.24) is 15.1 Å². The van der Waals surface area contributed by atoms with Crippen molar-refractivity contribution < 1.29 is 4.74 Å². The van der Waals surface area contributed by atoms with E-state index in [1.807, 2.05) is 30.8 Å². The minimum atomic E-state index is 0.154. The van der Waals surface area contributed by atoms with Crippen molar-refractivity contribution in [3.05, 3.63) is 47.3 Å². The normalized spacial score (nSPS) is 12.4. The summed E-state index contributed by atoms with van der Waals surface area (Å²) in [5.41, 5.74) is 3.44. The van der Waals surface area contributed by atoms with E-state index in [1.165, 1.54) is 11.3 Å². The van der Waals surface area contributed by atoms with E-state index in [4.69, 9.17) is 4.74 Å². The molecule has 0 saturated heterocycles. The maximum Gasteiger partial charge on any atom is 0.119 e. The second-order valence-corrected chi connectivity index (χ2v) is 5.24. The second-order valence-electron chi connectivity index (χ2n) is 5.24. The van der Waals surface area contributed by atoms with E-state index < -0.39 is 0 Å². The van der Waals surface area contributed by atoms with Crippen molar-refractivity contribution in [2.75, 3.05) is 13.2 Å². The molecule has 0 amide bonds. The molecule has 0 saturated carbocycles.